The van der Waals surface area contributed by atoms with Crippen LogP contribution in [-0.2, 0) is 61.3 Å². The van der Waals surface area contributed by atoms with Crippen molar-refractivity contribution in [1.82, 2.24) is 20.5 Å². The molecular formula is C38H42ClN5O9Y-2. The summed E-state index contributed by atoms with van der Waals surface area (Å²) in [6.45, 7) is 7.54. The molecule has 16 heteroatoms. The molecule has 54 heavy (non-hydrogen) atoms. The van der Waals surface area contributed by atoms with Gasteiger partial charge in [0.05, 0.1) is 44.2 Å². The van der Waals surface area contributed by atoms with Crippen LogP contribution in [0.15, 0.2) is 66.7 Å². The summed E-state index contributed by atoms with van der Waals surface area (Å²) >= 11 is 6.01. The van der Waals surface area contributed by atoms with E-state index in [1.165, 1.54) is 18.2 Å². The first-order valence-electron chi connectivity index (χ1n) is 17.0. The van der Waals surface area contributed by atoms with Crippen LogP contribution in [0.25, 0.3) is 27.8 Å². The van der Waals surface area contributed by atoms with Crippen molar-refractivity contribution in [2.75, 3.05) is 52.8 Å². The molecule has 285 valence electrons. The number of benzene rings is 3. The molecule has 0 aliphatic carbocycles. The van der Waals surface area contributed by atoms with Gasteiger partial charge >= 0.3 is 0 Å². The summed E-state index contributed by atoms with van der Waals surface area (Å²) in [5.74, 6) is -2.11. The van der Waals surface area contributed by atoms with Crippen LogP contribution in [0.4, 0.5) is 5.82 Å². The number of aromatic nitrogens is 1. The molecule has 1 aromatic heterocycles. The minimum Gasteiger partial charge on any atom is -0.483 e. The Bertz CT molecular complexity index is 1870. The van der Waals surface area contributed by atoms with Crippen LogP contribution in [0, 0.1) is 6.92 Å². The number of H-pyrrole nitrogens is 1. The number of imide groups is 2. The third-order valence-corrected chi connectivity index (χ3v) is 8.16. The van der Waals surface area contributed by atoms with Gasteiger partial charge in [0.25, 0.3) is 17.7 Å². The molecule has 1 radical (unpaired) electrons. The summed E-state index contributed by atoms with van der Waals surface area (Å²) in [5.41, 5.74) is 10.9. The Morgan fingerprint density at radius 3 is 2.33 bits per heavy atom. The van der Waals surface area contributed by atoms with E-state index < -0.39 is 36.3 Å². The first-order valence-corrected chi connectivity index (χ1v) is 17.3. The topological polar surface area (TPSA) is 189 Å². The molecule has 1 aliphatic heterocycles. The first-order chi connectivity index (χ1) is 25.7. The zero-order chi connectivity index (χ0) is 38.2. The largest absolute Gasteiger partial charge is 0.483 e. The van der Waals surface area contributed by atoms with E-state index in [2.05, 4.69) is 17.2 Å². The molecule has 1 unspecified atom stereocenters. The molecule has 1 atom stereocenters. The van der Waals surface area contributed by atoms with E-state index in [9.17, 15) is 24.0 Å². The summed E-state index contributed by atoms with van der Waals surface area (Å²) in [7, 11) is 0. The smallest absolute Gasteiger partial charge is 0.266 e. The standard InChI is InChI=1S/C24H32N3O9.C14H10ClN2.Y/c1-3-6-18(22(30)26-16-28)27-23(31)17-7-5-8-19(21(17)24(27)32)36-15-20(29)25-9-10-34-13-14-35-12-11-33-4-2;15-10-6-7-12-11(8-10)13(14(16)17-12)9-4-2-1-3-5-9;/h5,7-8,16,18H,2-4,6,9-15H2,1H3,(H,25,29)(H,26,28,30);1-8,16-17H;/q2*-1;. The van der Waals surface area contributed by atoms with Crippen molar-refractivity contribution in [3.63, 3.8) is 0 Å². The molecule has 4 aromatic rings. The average Bonchev–Trinajstić information content (AvgIpc) is 3.62. The predicted octanol–water partition coefficient (Wildman–Crippen LogP) is 5.27. The second kappa shape index (κ2) is 22.9. The number of rotatable bonds is 19. The van der Waals surface area contributed by atoms with Crippen molar-refractivity contribution in [3.05, 3.63) is 95.5 Å². The Labute approximate surface area is 343 Å². The minimum absolute atomic E-state index is 0. The normalized spacial score (nSPS) is 12.3. The monoisotopic (exact) mass is 836 g/mol. The Morgan fingerprint density at radius 2 is 1.65 bits per heavy atom. The molecule has 0 saturated carbocycles. The van der Waals surface area contributed by atoms with Crippen LogP contribution < -0.4 is 15.4 Å². The van der Waals surface area contributed by atoms with E-state index in [1.807, 2.05) is 53.8 Å². The van der Waals surface area contributed by atoms with E-state index in [0.29, 0.717) is 50.3 Å². The van der Waals surface area contributed by atoms with Crippen LogP contribution in [-0.4, -0.2) is 98.8 Å². The van der Waals surface area contributed by atoms with Gasteiger partial charge in [-0.1, -0.05) is 79.8 Å². The van der Waals surface area contributed by atoms with Crippen LogP contribution >= 0.6 is 11.6 Å². The molecule has 0 spiro atoms. The summed E-state index contributed by atoms with van der Waals surface area (Å²) in [4.78, 5) is 65.0. The Kier molecular flexibility index (Phi) is 18.8. The maximum absolute atomic E-state index is 13.1. The van der Waals surface area contributed by atoms with Gasteiger partial charge in [-0.3, -0.25) is 34.2 Å². The molecule has 2 heterocycles. The quantitative estimate of drug-likeness (QED) is 0.0489. The van der Waals surface area contributed by atoms with E-state index in [1.54, 1.807) is 6.92 Å². The van der Waals surface area contributed by atoms with Crippen LogP contribution in [0.5, 0.6) is 5.75 Å². The predicted molar refractivity (Wildman–Crippen MR) is 199 cm³/mol. The molecule has 14 nitrogen and oxygen atoms in total. The SMILES string of the molecule is [CH2-]COCCOCCOCCNC(=O)COc1cccc2c1C(=O)N(C(CCC)C(=O)NC=O)C2=O.[NH-]c1[nH]c2ccc(Cl)cc2c1-c1ccccc1.[Y]. The van der Waals surface area contributed by atoms with Crippen molar-refractivity contribution in [2.45, 2.75) is 25.8 Å². The number of nitrogens with zero attached hydrogens (tertiary/aromatic N) is 1. The number of halogens is 1. The molecule has 0 fully saturated rings. The summed E-state index contributed by atoms with van der Waals surface area (Å²) in [5, 5.41) is 6.31. The number of nitrogens with one attached hydrogen (secondary N) is 4. The van der Waals surface area contributed by atoms with Gasteiger partial charge in [0.2, 0.25) is 12.3 Å². The third-order valence-electron chi connectivity index (χ3n) is 7.92. The number of ether oxygens (including phenoxy) is 4. The fourth-order valence-electron chi connectivity index (χ4n) is 5.55. The van der Waals surface area contributed by atoms with Gasteiger partial charge in [-0.05, 0) is 52.7 Å². The van der Waals surface area contributed by atoms with Crippen LogP contribution in [0.1, 0.15) is 40.5 Å². The van der Waals surface area contributed by atoms with Gasteiger partial charge in [0, 0.05) is 44.3 Å². The fourth-order valence-corrected chi connectivity index (χ4v) is 5.72. The minimum atomic E-state index is -1.14. The van der Waals surface area contributed by atoms with Gasteiger partial charge in [-0.25, -0.2) is 0 Å². The van der Waals surface area contributed by atoms with Crippen LogP contribution in [0.3, 0.4) is 0 Å². The second-order valence-corrected chi connectivity index (χ2v) is 11.9. The molecule has 5 amide bonds. The van der Waals surface area contributed by atoms with Crippen LogP contribution in [0.2, 0.25) is 5.02 Å². The van der Waals surface area contributed by atoms with E-state index in [0.717, 1.165) is 26.9 Å². The van der Waals surface area contributed by atoms with Crippen molar-refractivity contribution < 1.29 is 75.6 Å². The molecule has 5 rings (SSSR count). The summed E-state index contributed by atoms with van der Waals surface area (Å²) < 4.78 is 21.2. The maximum Gasteiger partial charge on any atom is 0.266 e. The molecule has 0 saturated heterocycles. The van der Waals surface area contributed by atoms with Gasteiger partial charge in [-0.15, -0.1) is 0 Å². The number of fused-ring (bicyclic) bond motifs is 2. The van der Waals surface area contributed by atoms with Crippen molar-refractivity contribution in [2.24, 2.45) is 0 Å². The van der Waals surface area contributed by atoms with E-state index >= 15 is 0 Å². The maximum atomic E-state index is 13.1. The van der Waals surface area contributed by atoms with Crippen molar-refractivity contribution in [1.29, 1.82) is 0 Å². The van der Waals surface area contributed by atoms with Crippen molar-refractivity contribution >= 4 is 58.4 Å². The number of carbonyl (C=O) groups is 5. The van der Waals surface area contributed by atoms with Gasteiger partial charge in [-0.2, -0.15) is 0 Å². The Balaban J connectivity index is 0.000000360. The number of aromatic amines is 1. The molecule has 1 aliphatic rings. The van der Waals surface area contributed by atoms with Gasteiger partial charge in [0.1, 0.15) is 11.8 Å². The summed E-state index contributed by atoms with van der Waals surface area (Å²) in [6, 6.07) is 18.8. The number of hydrogen-bond donors (Lipinski definition) is 3. The van der Waals surface area contributed by atoms with E-state index in [4.69, 9.17) is 36.3 Å². The zero-order valence-corrected chi connectivity index (χ0v) is 33.5. The molecule has 3 aromatic carbocycles. The van der Waals surface area contributed by atoms with E-state index in [-0.39, 0.29) is 75.6 Å². The Morgan fingerprint density at radius 1 is 0.944 bits per heavy atom. The van der Waals surface area contributed by atoms with Gasteiger partial charge in [0.15, 0.2) is 6.61 Å². The molecule has 4 N–H and O–H groups in total. The number of amides is 5. The summed E-state index contributed by atoms with van der Waals surface area (Å²) in [6.07, 6.45) is 0.886. The molecule has 0 bridgehead atoms. The number of carbonyl (C=O) groups excluding carboxylic acids is 5. The molecular weight excluding hydrogens is 795 g/mol. The Hall–Kier alpha value is -4.18. The van der Waals surface area contributed by atoms with Crippen molar-refractivity contribution in [3.8, 4) is 16.9 Å². The zero-order valence-electron chi connectivity index (χ0n) is 29.9. The first kappa shape index (κ1) is 44.2. The third kappa shape index (κ3) is 11.9. The second-order valence-electron chi connectivity index (χ2n) is 11.5. The average molecular weight is 837 g/mol. The van der Waals surface area contributed by atoms with Gasteiger partial charge < -0.3 is 41.9 Å². The number of hydrogen-bond acceptors (Lipinski definition) is 9. The fraction of sp³-hybridized carbons (Fsp3) is 0.316.